The van der Waals surface area contributed by atoms with Gasteiger partial charge in [0.05, 0.1) is 0 Å². The van der Waals surface area contributed by atoms with E-state index in [0.717, 1.165) is 18.0 Å². The van der Waals surface area contributed by atoms with E-state index in [-0.39, 0.29) is 0 Å². The lowest BCUT2D eigenvalue weighted by Gasteiger charge is -2.50. The summed E-state index contributed by atoms with van der Waals surface area (Å²) < 4.78 is 0. The maximum atomic E-state index is 3.88. The molecule has 1 N–H and O–H groups in total. The predicted octanol–water partition coefficient (Wildman–Crippen LogP) is 3.17. The fourth-order valence-electron chi connectivity index (χ4n) is 4.62. The molecule has 1 spiro atoms. The van der Waals surface area contributed by atoms with Gasteiger partial charge in [0.1, 0.15) is 0 Å². The van der Waals surface area contributed by atoms with Crippen LogP contribution in [0.2, 0.25) is 0 Å². The normalized spacial score (nSPS) is 41.3. The molecule has 2 nitrogen and oxygen atoms in total. The van der Waals surface area contributed by atoms with Crippen LogP contribution in [0.15, 0.2) is 0 Å². The van der Waals surface area contributed by atoms with E-state index in [4.69, 9.17) is 0 Å². The van der Waals surface area contributed by atoms with Gasteiger partial charge in [0.25, 0.3) is 0 Å². The minimum Gasteiger partial charge on any atom is -0.308 e. The maximum Gasteiger partial charge on any atom is 0.0309 e. The molecule has 0 radical (unpaired) electrons. The van der Waals surface area contributed by atoms with Gasteiger partial charge in [0, 0.05) is 30.7 Å². The van der Waals surface area contributed by atoms with E-state index in [9.17, 15) is 0 Å². The predicted molar refractivity (Wildman–Crippen MR) is 76.8 cm³/mol. The Morgan fingerprint density at radius 3 is 2.56 bits per heavy atom. The van der Waals surface area contributed by atoms with Crippen LogP contribution in [0.5, 0.6) is 0 Å². The van der Waals surface area contributed by atoms with Gasteiger partial charge in [0.15, 0.2) is 0 Å². The highest BCUT2D eigenvalue weighted by atomic mass is 15.3. The number of piperazine rings is 1. The Bertz CT molecular complexity index is 283. The summed E-state index contributed by atoms with van der Waals surface area (Å²) in [6, 6.07) is 1.62. The van der Waals surface area contributed by atoms with Crippen LogP contribution in [0.4, 0.5) is 0 Å². The summed E-state index contributed by atoms with van der Waals surface area (Å²) in [7, 11) is 0. The Hall–Kier alpha value is -0.0800. The van der Waals surface area contributed by atoms with Gasteiger partial charge in [-0.25, -0.2) is 0 Å². The number of hydrogen-bond donors (Lipinski definition) is 1. The number of rotatable bonds is 1. The lowest BCUT2D eigenvalue weighted by molar-refractivity contribution is 0.0275. The number of nitrogens with zero attached hydrogens (tertiary/aromatic N) is 1. The minimum atomic E-state index is 0.493. The van der Waals surface area contributed by atoms with Crippen molar-refractivity contribution in [2.24, 2.45) is 5.92 Å². The molecule has 0 aromatic rings. The highest BCUT2D eigenvalue weighted by molar-refractivity contribution is 5.02. The zero-order valence-corrected chi connectivity index (χ0v) is 12.3. The average Bonchev–Trinajstić information content (AvgIpc) is 2.81. The first kappa shape index (κ1) is 12.9. The summed E-state index contributed by atoms with van der Waals surface area (Å²) in [6.45, 7) is 7.41. The third kappa shape index (κ3) is 2.46. The van der Waals surface area contributed by atoms with Crippen molar-refractivity contribution in [1.29, 1.82) is 0 Å². The molecule has 18 heavy (non-hydrogen) atoms. The molecule has 1 saturated heterocycles. The molecule has 0 aromatic carbocycles. The molecule has 3 atom stereocenters. The summed E-state index contributed by atoms with van der Waals surface area (Å²) >= 11 is 0. The summed E-state index contributed by atoms with van der Waals surface area (Å²) in [6.07, 6.45) is 11.5. The van der Waals surface area contributed by atoms with Crippen LogP contribution >= 0.6 is 0 Å². The monoisotopic (exact) mass is 250 g/mol. The van der Waals surface area contributed by atoms with Crippen LogP contribution in [0.25, 0.3) is 0 Å². The minimum absolute atomic E-state index is 0.493. The second kappa shape index (κ2) is 5.13. The van der Waals surface area contributed by atoms with Crippen molar-refractivity contribution >= 4 is 0 Å². The molecular formula is C16H30N2. The van der Waals surface area contributed by atoms with Crippen molar-refractivity contribution in [3.63, 3.8) is 0 Å². The molecule has 3 aliphatic rings. The molecular weight excluding hydrogens is 220 g/mol. The van der Waals surface area contributed by atoms with Crippen molar-refractivity contribution in [2.45, 2.75) is 82.8 Å². The largest absolute Gasteiger partial charge is 0.308 e. The quantitative estimate of drug-likeness (QED) is 0.769. The second-order valence-corrected chi connectivity index (χ2v) is 7.32. The van der Waals surface area contributed by atoms with Gasteiger partial charge in [-0.15, -0.1) is 0 Å². The Morgan fingerprint density at radius 1 is 1.06 bits per heavy atom. The summed E-state index contributed by atoms with van der Waals surface area (Å²) in [5.74, 6) is 0.949. The molecule has 0 aromatic heterocycles. The third-order valence-corrected chi connectivity index (χ3v) is 5.76. The first-order chi connectivity index (χ1) is 8.69. The summed E-state index contributed by atoms with van der Waals surface area (Å²) in [5.41, 5.74) is 0.493. The maximum absolute atomic E-state index is 3.88. The highest BCUT2D eigenvalue weighted by Crippen LogP contribution is 2.36. The zero-order valence-electron chi connectivity index (χ0n) is 12.3. The van der Waals surface area contributed by atoms with Crippen LogP contribution < -0.4 is 5.32 Å². The molecule has 104 valence electrons. The number of nitrogens with one attached hydrogen (secondary N) is 1. The molecule has 2 heteroatoms. The van der Waals surface area contributed by atoms with Crippen LogP contribution in [0, 0.1) is 5.92 Å². The molecule has 2 saturated carbocycles. The Balaban J connectivity index is 1.68. The second-order valence-electron chi connectivity index (χ2n) is 7.32. The highest BCUT2D eigenvalue weighted by Gasteiger charge is 2.42. The molecule has 3 unspecified atom stereocenters. The standard InChI is InChI=1S/C16H30N2/c1-13-6-5-7-15(10-13)18-12-16(8-3-4-9-16)17-11-14(18)2/h13-15,17H,3-12H2,1-2H3. The van der Waals surface area contributed by atoms with Gasteiger partial charge < -0.3 is 5.32 Å². The number of hydrogen-bond acceptors (Lipinski definition) is 2. The average molecular weight is 250 g/mol. The lowest BCUT2D eigenvalue weighted by atomic mass is 9.83. The van der Waals surface area contributed by atoms with Crippen molar-refractivity contribution in [3.8, 4) is 0 Å². The fraction of sp³-hybridized carbons (Fsp3) is 1.00. The molecule has 2 aliphatic carbocycles. The van der Waals surface area contributed by atoms with Crippen LogP contribution in [-0.4, -0.2) is 35.6 Å². The van der Waals surface area contributed by atoms with Crippen molar-refractivity contribution < 1.29 is 0 Å². The van der Waals surface area contributed by atoms with Gasteiger partial charge in [-0.05, 0) is 38.5 Å². The molecule has 0 amide bonds. The van der Waals surface area contributed by atoms with E-state index in [2.05, 4.69) is 24.1 Å². The van der Waals surface area contributed by atoms with E-state index in [1.807, 2.05) is 0 Å². The van der Waals surface area contributed by atoms with Crippen molar-refractivity contribution in [1.82, 2.24) is 10.2 Å². The fourth-order valence-corrected chi connectivity index (χ4v) is 4.62. The molecule has 1 heterocycles. The smallest absolute Gasteiger partial charge is 0.0309 e. The molecule has 0 bridgehead atoms. The molecule has 3 fully saturated rings. The first-order valence-electron chi connectivity index (χ1n) is 8.19. The molecule has 1 aliphatic heterocycles. The van der Waals surface area contributed by atoms with Crippen LogP contribution in [-0.2, 0) is 0 Å². The van der Waals surface area contributed by atoms with Gasteiger partial charge >= 0.3 is 0 Å². The van der Waals surface area contributed by atoms with Gasteiger partial charge in [0.2, 0.25) is 0 Å². The van der Waals surface area contributed by atoms with E-state index in [1.165, 1.54) is 64.5 Å². The SMILES string of the molecule is CC1CCCC(N2CC3(CCCC3)NCC2C)C1. The van der Waals surface area contributed by atoms with Crippen molar-refractivity contribution in [2.75, 3.05) is 13.1 Å². The van der Waals surface area contributed by atoms with E-state index in [1.54, 1.807) is 0 Å². The third-order valence-electron chi connectivity index (χ3n) is 5.76. The lowest BCUT2D eigenvalue weighted by Crippen LogP contribution is -2.64. The first-order valence-corrected chi connectivity index (χ1v) is 8.19. The van der Waals surface area contributed by atoms with Crippen molar-refractivity contribution in [3.05, 3.63) is 0 Å². The Morgan fingerprint density at radius 2 is 1.83 bits per heavy atom. The van der Waals surface area contributed by atoms with Crippen LogP contribution in [0.3, 0.4) is 0 Å². The van der Waals surface area contributed by atoms with E-state index < -0.39 is 0 Å². The van der Waals surface area contributed by atoms with E-state index >= 15 is 0 Å². The Labute approximate surface area is 113 Å². The molecule has 3 rings (SSSR count). The van der Waals surface area contributed by atoms with Crippen LogP contribution in [0.1, 0.15) is 65.2 Å². The summed E-state index contributed by atoms with van der Waals surface area (Å²) in [5, 5.41) is 3.88. The van der Waals surface area contributed by atoms with E-state index in [0.29, 0.717) is 5.54 Å². The van der Waals surface area contributed by atoms with Gasteiger partial charge in [-0.3, -0.25) is 4.90 Å². The summed E-state index contributed by atoms with van der Waals surface area (Å²) in [4.78, 5) is 2.87. The Kier molecular flexibility index (Phi) is 3.68. The van der Waals surface area contributed by atoms with Gasteiger partial charge in [-0.2, -0.15) is 0 Å². The topological polar surface area (TPSA) is 15.3 Å². The van der Waals surface area contributed by atoms with Gasteiger partial charge in [-0.1, -0.05) is 32.6 Å². The zero-order chi connectivity index (χ0) is 12.6.